The maximum absolute atomic E-state index is 5.97. The Balaban J connectivity index is 1.46. The fourth-order valence-corrected chi connectivity index (χ4v) is 3.77. The van der Waals surface area contributed by atoms with E-state index in [9.17, 15) is 0 Å². The van der Waals surface area contributed by atoms with Crippen molar-refractivity contribution in [2.24, 2.45) is 10.2 Å². The Kier molecular flexibility index (Phi) is 3.88. The van der Waals surface area contributed by atoms with Crippen LogP contribution in [0.4, 0.5) is 0 Å². The summed E-state index contributed by atoms with van der Waals surface area (Å²) in [7, 11) is 0. The number of hydrogen-bond donors (Lipinski definition) is 0. The van der Waals surface area contributed by atoms with Crippen LogP contribution in [0.1, 0.15) is 32.6 Å². The summed E-state index contributed by atoms with van der Waals surface area (Å²) in [6, 6.07) is 0.457. The molecule has 0 aromatic heterocycles. The van der Waals surface area contributed by atoms with Crippen molar-refractivity contribution in [2.75, 3.05) is 26.4 Å². The lowest BCUT2D eigenvalue weighted by molar-refractivity contribution is -0.131. The van der Waals surface area contributed by atoms with Crippen LogP contribution in [0.2, 0.25) is 0 Å². The first kappa shape index (κ1) is 15.4. The molecule has 126 valence electrons. The normalized spacial score (nSPS) is 35.4. The van der Waals surface area contributed by atoms with Crippen LogP contribution >= 0.6 is 0 Å². The minimum absolute atomic E-state index is 0.229. The van der Waals surface area contributed by atoms with E-state index in [0.29, 0.717) is 32.8 Å². The molecule has 2 saturated heterocycles. The zero-order chi connectivity index (χ0) is 15.9. The monoisotopic (exact) mass is 320 g/mol. The Morgan fingerprint density at radius 2 is 1.65 bits per heavy atom. The average Bonchev–Trinajstić information content (AvgIpc) is 3.33. The van der Waals surface area contributed by atoms with Gasteiger partial charge in [0.25, 0.3) is 0 Å². The van der Waals surface area contributed by atoms with Gasteiger partial charge in [0.1, 0.15) is 0 Å². The molecular weight excluding hydrogens is 296 g/mol. The molecule has 0 aromatic carbocycles. The summed E-state index contributed by atoms with van der Waals surface area (Å²) in [6.45, 7) is 8.55. The molecule has 2 atom stereocenters. The number of hydrogen-bond acceptors (Lipinski definition) is 6. The molecule has 0 unspecified atom stereocenters. The van der Waals surface area contributed by atoms with E-state index in [0.717, 1.165) is 24.8 Å². The van der Waals surface area contributed by atoms with E-state index in [4.69, 9.17) is 18.9 Å². The molecule has 23 heavy (non-hydrogen) atoms. The van der Waals surface area contributed by atoms with E-state index in [-0.39, 0.29) is 12.1 Å². The fourth-order valence-electron chi connectivity index (χ4n) is 3.77. The van der Waals surface area contributed by atoms with E-state index >= 15 is 0 Å². The lowest BCUT2D eigenvalue weighted by Gasteiger charge is -2.29. The van der Waals surface area contributed by atoms with Gasteiger partial charge in [-0.15, -0.1) is 0 Å². The van der Waals surface area contributed by atoms with Crippen LogP contribution in [0.3, 0.4) is 0 Å². The molecule has 2 bridgehead atoms. The van der Waals surface area contributed by atoms with Gasteiger partial charge in [-0.2, -0.15) is 10.2 Å². The van der Waals surface area contributed by atoms with Gasteiger partial charge in [-0.3, -0.25) is 0 Å². The van der Waals surface area contributed by atoms with Crippen LogP contribution in [-0.4, -0.2) is 50.1 Å². The highest BCUT2D eigenvalue weighted by Gasteiger charge is 2.42. The minimum Gasteiger partial charge on any atom is -0.344 e. The lowest BCUT2D eigenvalue weighted by atomic mass is 9.97. The van der Waals surface area contributed by atoms with Crippen molar-refractivity contribution >= 4 is 0 Å². The summed E-state index contributed by atoms with van der Waals surface area (Å²) in [6.07, 6.45) is 5.74. The molecule has 0 amide bonds. The number of ether oxygens (including phenoxy) is 4. The summed E-state index contributed by atoms with van der Waals surface area (Å²) >= 11 is 0. The highest BCUT2D eigenvalue weighted by Crippen LogP contribution is 2.41. The number of azo groups is 1. The molecule has 6 nitrogen and oxygen atoms in total. The zero-order valence-corrected chi connectivity index (χ0v) is 13.6. The van der Waals surface area contributed by atoms with E-state index in [1.807, 2.05) is 6.92 Å². The van der Waals surface area contributed by atoms with Gasteiger partial charge in [0, 0.05) is 6.42 Å². The van der Waals surface area contributed by atoms with Crippen LogP contribution in [0, 0.1) is 0 Å². The quantitative estimate of drug-likeness (QED) is 0.731. The van der Waals surface area contributed by atoms with Gasteiger partial charge in [-0.1, -0.05) is 6.58 Å². The van der Waals surface area contributed by atoms with E-state index in [1.165, 1.54) is 5.57 Å². The minimum atomic E-state index is -0.677. The SMILES string of the molecule is C=C(CCC1(C=C2[C@@H]3CC[C@H]2N=N3)OCCO1)C1(C)OCCO1. The molecule has 0 radical (unpaired) electrons. The summed E-state index contributed by atoms with van der Waals surface area (Å²) in [5.74, 6) is -1.35. The maximum Gasteiger partial charge on any atom is 0.188 e. The van der Waals surface area contributed by atoms with Gasteiger partial charge in [-0.05, 0) is 43.4 Å². The molecule has 0 spiro atoms. The second kappa shape index (κ2) is 5.77. The highest BCUT2D eigenvalue weighted by atomic mass is 16.7. The molecule has 4 rings (SSSR count). The van der Waals surface area contributed by atoms with Gasteiger partial charge in [0.15, 0.2) is 11.6 Å². The van der Waals surface area contributed by atoms with Crippen molar-refractivity contribution in [2.45, 2.75) is 56.3 Å². The van der Waals surface area contributed by atoms with E-state index in [1.54, 1.807) is 0 Å². The van der Waals surface area contributed by atoms with Gasteiger partial charge >= 0.3 is 0 Å². The molecule has 3 aliphatic heterocycles. The largest absolute Gasteiger partial charge is 0.344 e. The topological polar surface area (TPSA) is 61.6 Å². The molecular formula is C17H24N2O4. The summed E-state index contributed by atoms with van der Waals surface area (Å²) in [5, 5.41) is 8.63. The third kappa shape index (κ3) is 2.78. The van der Waals surface area contributed by atoms with Crippen LogP contribution in [0.15, 0.2) is 34.0 Å². The predicted octanol–water partition coefficient (Wildman–Crippen LogP) is 2.75. The highest BCUT2D eigenvalue weighted by molar-refractivity contribution is 5.29. The smallest absolute Gasteiger partial charge is 0.188 e. The lowest BCUT2D eigenvalue weighted by Crippen LogP contribution is -2.32. The van der Waals surface area contributed by atoms with Crippen molar-refractivity contribution < 1.29 is 18.9 Å². The Morgan fingerprint density at radius 3 is 2.22 bits per heavy atom. The Labute approximate surface area is 136 Å². The van der Waals surface area contributed by atoms with Crippen molar-refractivity contribution in [3.05, 3.63) is 23.8 Å². The zero-order valence-electron chi connectivity index (χ0n) is 13.6. The van der Waals surface area contributed by atoms with Crippen molar-refractivity contribution in [1.29, 1.82) is 0 Å². The Morgan fingerprint density at radius 1 is 1.09 bits per heavy atom. The number of rotatable bonds is 5. The van der Waals surface area contributed by atoms with Crippen molar-refractivity contribution in [3.8, 4) is 0 Å². The van der Waals surface area contributed by atoms with Crippen LogP contribution < -0.4 is 0 Å². The summed E-state index contributed by atoms with van der Waals surface area (Å²) < 4.78 is 23.3. The molecule has 4 aliphatic rings. The first-order valence-electron chi connectivity index (χ1n) is 8.47. The third-order valence-corrected chi connectivity index (χ3v) is 5.25. The third-order valence-electron chi connectivity index (χ3n) is 5.25. The molecule has 1 saturated carbocycles. The van der Waals surface area contributed by atoms with E-state index in [2.05, 4.69) is 22.9 Å². The molecule has 3 fully saturated rings. The first-order chi connectivity index (χ1) is 11.1. The van der Waals surface area contributed by atoms with Crippen molar-refractivity contribution in [1.82, 2.24) is 0 Å². The maximum atomic E-state index is 5.97. The molecule has 3 heterocycles. The Hall–Kier alpha value is -1.08. The van der Waals surface area contributed by atoms with E-state index < -0.39 is 11.6 Å². The van der Waals surface area contributed by atoms with Gasteiger partial charge in [-0.25, -0.2) is 0 Å². The standard InChI is InChI=1S/C17H24N2O4/c1-12(16(2)20-7-8-21-16)5-6-17(22-9-10-23-17)11-13-14-3-4-15(13)19-18-14/h11,14-15H,1,3-10H2,2H3/t14-,15+. The van der Waals surface area contributed by atoms with Gasteiger partial charge in [0.05, 0.1) is 38.5 Å². The van der Waals surface area contributed by atoms with Gasteiger partial charge in [0.2, 0.25) is 0 Å². The Bertz CT molecular complexity index is 529. The van der Waals surface area contributed by atoms with Crippen LogP contribution in [-0.2, 0) is 18.9 Å². The predicted molar refractivity (Wildman–Crippen MR) is 83.1 cm³/mol. The first-order valence-corrected chi connectivity index (χ1v) is 8.47. The number of fused-ring (bicyclic) bond motifs is 2. The molecule has 0 N–H and O–H groups in total. The van der Waals surface area contributed by atoms with Crippen LogP contribution in [0.25, 0.3) is 0 Å². The summed E-state index contributed by atoms with van der Waals surface area (Å²) in [5.41, 5.74) is 2.19. The molecule has 1 aliphatic carbocycles. The second-order valence-electron chi connectivity index (χ2n) is 6.74. The molecule has 6 heteroatoms. The van der Waals surface area contributed by atoms with Crippen LogP contribution in [0.5, 0.6) is 0 Å². The summed E-state index contributed by atoms with van der Waals surface area (Å²) in [4.78, 5) is 0. The fraction of sp³-hybridized carbons (Fsp3) is 0.765. The molecule has 0 aromatic rings. The second-order valence-corrected chi connectivity index (χ2v) is 6.74. The number of nitrogens with zero attached hydrogens (tertiary/aromatic N) is 2. The van der Waals surface area contributed by atoms with Crippen molar-refractivity contribution in [3.63, 3.8) is 0 Å². The van der Waals surface area contributed by atoms with Gasteiger partial charge < -0.3 is 18.9 Å². The average molecular weight is 320 g/mol.